The fourth-order valence-electron chi connectivity index (χ4n) is 1.71. The second-order valence-electron chi connectivity index (χ2n) is 3.51. The van der Waals surface area contributed by atoms with E-state index in [1.165, 1.54) is 0 Å². The van der Waals surface area contributed by atoms with Crippen LogP contribution in [0.5, 0.6) is 0 Å². The summed E-state index contributed by atoms with van der Waals surface area (Å²) in [5.74, 6) is 0.998. The van der Waals surface area contributed by atoms with Crippen molar-refractivity contribution in [1.82, 2.24) is 10.1 Å². The Morgan fingerprint density at radius 2 is 2.19 bits per heavy atom. The fraction of sp³-hybridized carbons (Fsp3) is 0. The third-order valence-electron chi connectivity index (χ3n) is 2.44. The van der Waals surface area contributed by atoms with E-state index in [0.717, 1.165) is 16.5 Å². The van der Waals surface area contributed by atoms with E-state index in [-0.39, 0.29) is 0 Å². The van der Waals surface area contributed by atoms with Crippen LogP contribution in [0.3, 0.4) is 0 Å². The van der Waals surface area contributed by atoms with E-state index in [9.17, 15) is 0 Å². The van der Waals surface area contributed by atoms with Gasteiger partial charge in [0.15, 0.2) is 11.6 Å². The molecule has 1 aromatic carbocycles. The van der Waals surface area contributed by atoms with Gasteiger partial charge in [0.05, 0.1) is 0 Å². The first-order valence-corrected chi connectivity index (χ1v) is 5.11. The van der Waals surface area contributed by atoms with Crippen molar-refractivity contribution < 1.29 is 4.52 Å². The molecular formula is C11H8ClN3O. The number of nitrogens with one attached hydrogen (secondary N) is 1. The highest BCUT2D eigenvalue weighted by Gasteiger charge is 2.10. The molecule has 0 saturated carbocycles. The molecule has 16 heavy (non-hydrogen) atoms. The molecule has 80 valence electrons. The van der Waals surface area contributed by atoms with Crippen LogP contribution in [0.4, 0.5) is 5.82 Å². The molecule has 0 aliphatic heterocycles. The Hall–Kier alpha value is -1.94. The average molecular weight is 234 g/mol. The minimum absolute atomic E-state index is 0.367. The van der Waals surface area contributed by atoms with Crippen LogP contribution in [0.15, 0.2) is 35.0 Å². The SMILES string of the molecule is Nc1cc(-c2c[nH]c3ccc(Cl)cc23)on1. The third-order valence-corrected chi connectivity index (χ3v) is 2.67. The van der Waals surface area contributed by atoms with Crippen LogP contribution in [-0.4, -0.2) is 10.1 Å². The van der Waals surface area contributed by atoms with Crippen molar-refractivity contribution in [2.75, 3.05) is 5.73 Å². The summed E-state index contributed by atoms with van der Waals surface area (Å²) < 4.78 is 5.12. The number of H-pyrrole nitrogens is 1. The van der Waals surface area contributed by atoms with Crippen molar-refractivity contribution in [3.8, 4) is 11.3 Å². The summed E-state index contributed by atoms with van der Waals surface area (Å²) in [4.78, 5) is 3.14. The zero-order valence-corrected chi connectivity index (χ0v) is 8.95. The Kier molecular flexibility index (Phi) is 1.91. The van der Waals surface area contributed by atoms with E-state index < -0.39 is 0 Å². The monoisotopic (exact) mass is 233 g/mol. The summed E-state index contributed by atoms with van der Waals surface area (Å²) in [5.41, 5.74) is 7.42. The molecule has 0 unspecified atom stereocenters. The maximum absolute atomic E-state index is 5.96. The zero-order chi connectivity index (χ0) is 11.1. The number of halogens is 1. The van der Waals surface area contributed by atoms with Gasteiger partial charge in [-0.25, -0.2) is 0 Å². The quantitative estimate of drug-likeness (QED) is 0.679. The van der Waals surface area contributed by atoms with Crippen molar-refractivity contribution in [2.45, 2.75) is 0 Å². The fourth-order valence-corrected chi connectivity index (χ4v) is 1.88. The topological polar surface area (TPSA) is 67.8 Å². The van der Waals surface area contributed by atoms with Gasteiger partial charge in [0.1, 0.15) is 0 Å². The largest absolute Gasteiger partial charge is 0.381 e. The van der Waals surface area contributed by atoms with Crippen LogP contribution in [0, 0.1) is 0 Å². The number of rotatable bonds is 1. The van der Waals surface area contributed by atoms with Crippen molar-refractivity contribution in [2.24, 2.45) is 0 Å². The van der Waals surface area contributed by atoms with Crippen LogP contribution in [0.25, 0.3) is 22.2 Å². The normalized spacial score (nSPS) is 11.1. The molecule has 0 aliphatic carbocycles. The van der Waals surface area contributed by atoms with Crippen molar-refractivity contribution in [1.29, 1.82) is 0 Å². The molecule has 0 fully saturated rings. The molecule has 2 heterocycles. The molecule has 3 rings (SSSR count). The van der Waals surface area contributed by atoms with Crippen LogP contribution in [-0.2, 0) is 0 Å². The minimum Gasteiger partial charge on any atom is -0.381 e. The first-order chi connectivity index (χ1) is 7.74. The van der Waals surface area contributed by atoms with E-state index in [2.05, 4.69) is 10.1 Å². The summed E-state index contributed by atoms with van der Waals surface area (Å²) in [6.07, 6.45) is 1.85. The lowest BCUT2D eigenvalue weighted by Gasteiger charge is -1.94. The molecule has 0 radical (unpaired) electrons. The predicted octanol–water partition coefficient (Wildman–Crippen LogP) is 3.06. The number of anilines is 1. The molecule has 3 aromatic rings. The number of hydrogen-bond donors (Lipinski definition) is 2. The highest BCUT2D eigenvalue weighted by molar-refractivity contribution is 6.31. The second-order valence-corrected chi connectivity index (χ2v) is 3.94. The number of benzene rings is 1. The number of aromatic nitrogens is 2. The maximum atomic E-state index is 5.96. The molecule has 0 spiro atoms. The molecule has 5 heteroatoms. The van der Waals surface area contributed by atoms with Crippen LogP contribution in [0.2, 0.25) is 5.02 Å². The summed E-state index contributed by atoms with van der Waals surface area (Å²) >= 11 is 5.96. The van der Waals surface area contributed by atoms with Gasteiger partial charge in [0.25, 0.3) is 0 Å². The van der Waals surface area contributed by atoms with E-state index in [0.29, 0.717) is 16.6 Å². The molecule has 0 bridgehead atoms. The van der Waals surface area contributed by atoms with E-state index in [4.69, 9.17) is 21.9 Å². The van der Waals surface area contributed by atoms with Gasteiger partial charge >= 0.3 is 0 Å². The second kappa shape index (κ2) is 3.28. The predicted molar refractivity (Wildman–Crippen MR) is 63.2 cm³/mol. The average Bonchev–Trinajstić information content (AvgIpc) is 2.83. The highest BCUT2D eigenvalue weighted by atomic mass is 35.5. The summed E-state index contributed by atoms with van der Waals surface area (Å²) in [7, 11) is 0. The Morgan fingerprint density at radius 3 is 2.94 bits per heavy atom. The van der Waals surface area contributed by atoms with Crippen LogP contribution >= 0.6 is 11.6 Å². The zero-order valence-electron chi connectivity index (χ0n) is 8.20. The standard InChI is InChI=1S/C11H8ClN3O/c12-6-1-2-9-7(3-6)8(5-14-9)10-4-11(13)15-16-10/h1-5,14H,(H2,13,15). The van der Waals surface area contributed by atoms with E-state index in [1.54, 1.807) is 6.07 Å². The maximum Gasteiger partial charge on any atom is 0.171 e. The lowest BCUT2D eigenvalue weighted by Crippen LogP contribution is -1.79. The Morgan fingerprint density at radius 1 is 1.31 bits per heavy atom. The molecule has 0 saturated heterocycles. The first-order valence-electron chi connectivity index (χ1n) is 4.73. The molecule has 4 nitrogen and oxygen atoms in total. The Balaban J connectivity index is 2.27. The number of hydrogen-bond acceptors (Lipinski definition) is 3. The summed E-state index contributed by atoms with van der Waals surface area (Å²) in [6, 6.07) is 7.31. The smallest absolute Gasteiger partial charge is 0.171 e. The summed E-state index contributed by atoms with van der Waals surface area (Å²) in [5, 5.41) is 5.33. The van der Waals surface area contributed by atoms with E-state index >= 15 is 0 Å². The number of nitrogens with zero attached hydrogens (tertiary/aromatic N) is 1. The van der Waals surface area contributed by atoms with Crippen LogP contribution < -0.4 is 5.73 Å². The van der Waals surface area contributed by atoms with Crippen molar-refractivity contribution in [3.63, 3.8) is 0 Å². The first kappa shape index (κ1) is 9.30. The van der Waals surface area contributed by atoms with Gasteiger partial charge in [0.2, 0.25) is 0 Å². The Bertz CT molecular complexity index is 656. The summed E-state index contributed by atoms with van der Waals surface area (Å²) in [6.45, 7) is 0. The Labute approximate surface area is 96.0 Å². The number of fused-ring (bicyclic) bond motifs is 1. The lowest BCUT2D eigenvalue weighted by atomic mass is 10.1. The molecule has 0 atom stereocenters. The number of aromatic amines is 1. The van der Waals surface area contributed by atoms with Gasteiger partial charge in [-0.2, -0.15) is 0 Å². The van der Waals surface area contributed by atoms with Gasteiger partial charge in [-0.3, -0.25) is 0 Å². The van der Waals surface area contributed by atoms with Crippen molar-refractivity contribution >= 4 is 28.3 Å². The van der Waals surface area contributed by atoms with Crippen molar-refractivity contribution in [3.05, 3.63) is 35.5 Å². The van der Waals surface area contributed by atoms with Crippen LogP contribution in [0.1, 0.15) is 0 Å². The molecule has 2 aromatic heterocycles. The van der Waals surface area contributed by atoms with Gasteiger partial charge in [-0.05, 0) is 18.2 Å². The highest BCUT2D eigenvalue weighted by Crippen LogP contribution is 2.31. The molecule has 0 aliphatic rings. The minimum atomic E-state index is 0.367. The van der Waals surface area contributed by atoms with Gasteiger partial charge in [-0.15, -0.1) is 0 Å². The van der Waals surface area contributed by atoms with Gasteiger partial charge in [-0.1, -0.05) is 16.8 Å². The van der Waals surface area contributed by atoms with Gasteiger partial charge in [0, 0.05) is 33.8 Å². The lowest BCUT2D eigenvalue weighted by molar-refractivity contribution is 0.436. The molecule has 0 amide bonds. The number of nitrogen functional groups attached to an aromatic ring is 1. The number of nitrogens with two attached hydrogens (primary N) is 1. The third kappa shape index (κ3) is 1.35. The van der Waals surface area contributed by atoms with E-state index in [1.807, 2.05) is 24.4 Å². The van der Waals surface area contributed by atoms with Gasteiger partial charge < -0.3 is 15.2 Å². The molecule has 3 N–H and O–H groups in total. The molecular weight excluding hydrogens is 226 g/mol.